The van der Waals surface area contributed by atoms with E-state index >= 15 is 0 Å². The van der Waals surface area contributed by atoms with Crippen molar-refractivity contribution in [2.45, 2.75) is 65.4 Å². The van der Waals surface area contributed by atoms with Gasteiger partial charge in [-0.1, -0.05) is 58.2 Å². The Labute approximate surface area is 124 Å². The average Bonchev–Trinajstić information content (AvgIpc) is 2.42. The van der Waals surface area contributed by atoms with Crippen molar-refractivity contribution < 1.29 is 15.3 Å². The smallest absolute Gasteiger partial charge is 0.115 e. The van der Waals surface area contributed by atoms with Crippen molar-refractivity contribution in [2.75, 3.05) is 6.61 Å². The molecular formula is C17H32O3. The van der Waals surface area contributed by atoms with Gasteiger partial charge >= 0.3 is 0 Å². The van der Waals surface area contributed by atoms with E-state index in [0.29, 0.717) is 12.4 Å². The van der Waals surface area contributed by atoms with Gasteiger partial charge in [0.25, 0.3) is 0 Å². The van der Waals surface area contributed by atoms with Crippen molar-refractivity contribution in [3.05, 3.63) is 30.3 Å². The Morgan fingerprint density at radius 2 is 1.40 bits per heavy atom. The summed E-state index contributed by atoms with van der Waals surface area (Å²) in [5, 5.41) is 25.7. The van der Waals surface area contributed by atoms with E-state index in [9.17, 15) is 0 Å². The van der Waals surface area contributed by atoms with Crippen LogP contribution in [0, 0.1) is 0 Å². The standard InChI is InChI=1S/C7H16O.C6H6O.C4H10O/c1-3-5-7(8)6-4-2;7-6-4-2-1-3-5-6;1-2-3-4-5/h7-8H,3-6H2,1-2H3;1-5,7H;5H,2-4H2,1H3. The average molecular weight is 284 g/mol. The zero-order valence-corrected chi connectivity index (χ0v) is 13.3. The number of aliphatic hydroxyl groups excluding tert-OH is 2. The largest absolute Gasteiger partial charge is 0.508 e. The highest BCUT2D eigenvalue weighted by Crippen LogP contribution is 2.03. The van der Waals surface area contributed by atoms with Gasteiger partial charge in [-0.15, -0.1) is 0 Å². The summed E-state index contributed by atoms with van der Waals surface area (Å²) in [7, 11) is 0. The van der Waals surface area contributed by atoms with Gasteiger partial charge in [0.05, 0.1) is 6.10 Å². The van der Waals surface area contributed by atoms with Crippen molar-refractivity contribution in [3.8, 4) is 5.75 Å². The van der Waals surface area contributed by atoms with Crippen LogP contribution in [-0.2, 0) is 0 Å². The molecule has 3 N–H and O–H groups in total. The predicted octanol–water partition coefficient (Wildman–Crippen LogP) is 4.12. The number of rotatable bonds is 6. The highest BCUT2D eigenvalue weighted by molar-refractivity contribution is 5.18. The second-order valence-electron chi connectivity index (χ2n) is 4.64. The van der Waals surface area contributed by atoms with Crippen LogP contribution in [-0.4, -0.2) is 28.0 Å². The van der Waals surface area contributed by atoms with Gasteiger partial charge in [0.1, 0.15) is 5.75 Å². The summed E-state index contributed by atoms with van der Waals surface area (Å²) in [6.45, 7) is 6.59. The van der Waals surface area contributed by atoms with E-state index in [2.05, 4.69) is 20.8 Å². The van der Waals surface area contributed by atoms with Gasteiger partial charge in [0.2, 0.25) is 0 Å². The molecule has 0 atom stereocenters. The maximum atomic E-state index is 9.05. The Balaban J connectivity index is 0. The van der Waals surface area contributed by atoms with Crippen LogP contribution in [0.1, 0.15) is 59.3 Å². The van der Waals surface area contributed by atoms with Crippen LogP contribution in [0.2, 0.25) is 0 Å². The minimum absolute atomic E-state index is 0.0370. The summed E-state index contributed by atoms with van der Waals surface area (Å²) < 4.78 is 0. The lowest BCUT2D eigenvalue weighted by molar-refractivity contribution is 0.153. The van der Waals surface area contributed by atoms with Gasteiger partial charge < -0.3 is 15.3 Å². The molecule has 0 fully saturated rings. The zero-order valence-electron chi connectivity index (χ0n) is 13.3. The molecule has 1 rings (SSSR count). The first kappa shape index (κ1) is 21.2. The van der Waals surface area contributed by atoms with Gasteiger partial charge in [-0.3, -0.25) is 0 Å². The molecule has 0 saturated heterocycles. The van der Waals surface area contributed by atoms with Crippen LogP contribution in [0.25, 0.3) is 0 Å². The zero-order chi connectivity index (χ0) is 15.6. The van der Waals surface area contributed by atoms with Gasteiger partial charge in [-0.2, -0.15) is 0 Å². The van der Waals surface area contributed by atoms with Crippen molar-refractivity contribution in [2.24, 2.45) is 0 Å². The maximum absolute atomic E-state index is 9.05. The normalized spacial score (nSPS) is 9.30. The number of para-hydroxylation sites is 1. The monoisotopic (exact) mass is 284 g/mol. The van der Waals surface area contributed by atoms with Gasteiger partial charge in [-0.05, 0) is 31.4 Å². The number of phenols is 1. The molecule has 0 aliphatic rings. The lowest BCUT2D eigenvalue weighted by atomic mass is 10.1. The first-order chi connectivity index (χ1) is 9.62. The second-order valence-corrected chi connectivity index (χ2v) is 4.64. The number of aromatic hydroxyl groups is 1. The summed E-state index contributed by atoms with van der Waals surface area (Å²) in [6.07, 6.45) is 6.13. The summed E-state index contributed by atoms with van der Waals surface area (Å²) in [4.78, 5) is 0. The number of hydrogen-bond donors (Lipinski definition) is 3. The molecule has 0 heterocycles. The summed E-state index contributed by atoms with van der Waals surface area (Å²) in [6, 6.07) is 8.71. The molecule has 3 heteroatoms. The van der Waals surface area contributed by atoms with Gasteiger partial charge in [-0.25, -0.2) is 0 Å². The molecule has 3 nitrogen and oxygen atoms in total. The number of hydrogen-bond acceptors (Lipinski definition) is 3. The molecule has 0 spiro atoms. The van der Waals surface area contributed by atoms with Gasteiger partial charge in [0, 0.05) is 6.61 Å². The fourth-order valence-corrected chi connectivity index (χ4v) is 1.40. The van der Waals surface area contributed by atoms with E-state index in [1.807, 2.05) is 6.07 Å². The Bertz CT molecular complexity index is 254. The number of aliphatic hydroxyl groups is 2. The van der Waals surface area contributed by atoms with E-state index in [0.717, 1.165) is 38.5 Å². The maximum Gasteiger partial charge on any atom is 0.115 e. The third-order valence-corrected chi connectivity index (χ3v) is 2.51. The summed E-state index contributed by atoms with van der Waals surface area (Å²) >= 11 is 0. The lowest BCUT2D eigenvalue weighted by Gasteiger charge is -2.04. The van der Waals surface area contributed by atoms with Crippen LogP contribution >= 0.6 is 0 Å². The Morgan fingerprint density at radius 1 is 0.900 bits per heavy atom. The predicted molar refractivity (Wildman–Crippen MR) is 85.9 cm³/mol. The van der Waals surface area contributed by atoms with E-state index in [1.165, 1.54) is 0 Å². The van der Waals surface area contributed by atoms with Crippen molar-refractivity contribution in [1.29, 1.82) is 0 Å². The summed E-state index contributed by atoms with van der Waals surface area (Å²) in [5.74, 6) is 0.322. The molecule has 0 amide bonds. The third-order valence-electron chi connectivity index (χ3n) is 2.51. The molecule has 0 radical (unpaired) electrons. The van der Waals surface area contributed by atoms with E-state index in [4.69, 9.17) is 15.3 Å². The number of unbranched alkanes of at least 4 members (excludes halogenated alkanes) is 1. The molecule has 0 aromatic heterocycles. The Morgan fingerprint density at radius 3 is 1.60 bits per heavy atom. The lowest BCUT2D eigenvalue weighted by Crippen LogP contribution is -2.03. The molecule has 0 aliphatic carbocycles. The minimum atomic E-state index is -0.0370. The molecule has 0 unspecified atom stereocenters. The highest BCUT2D eigenvalue weighted by Gasteiger charge is 1.97. The third kappa shape index (κ3) is 19.3. The molecule has 118 valence electrons. The molecule has 0 saturated carbocycles. The van der Waals surface area contributed by atoms with Crippen LogP contribution < -0.4 is 0 Å². The van der Waals surface area contributed by atoms with E-state index in [-0.39, 0.29) is 6.10 Å². The van der Waals surface area contributed by atoms with E-state index < -0.39 is 0 Å². The van der Waals surface area contributed by atoms with Crippen molar-refractivity contribution in [1.82, 2.24) is 0 Å². The minimum Gasteiger partial charge on any atom is -0.508 e. The molecular weight excluding hydrogens is 252 g/mol. The quantitative estimate of drug-likeness (QED) is 0.736. The molecule has 0 aliphatic heterocycles. The van der Waals surface area contributed by atoms with Crippen LogP contribution in [0.4, 0.5) is 0 Å². The number of benzene rings is 1. The fourth-order valence-electron chi connectivity index (χ4n) is 1.40. The number of phenolic OH excluding ortho intramolecular Hbond substituents is 1. The van der Waals surface area contributed by atoms with Crippen LogP contribution in [0.3, 0.4) is 0 Å². The van der Waals surface area contributed by atoms with Crippen molar-refractivity contribution in [3.63, 3.8) is 0 Å². The summed E-state index contributed by atoms with van der Waals surface area (Å²) in [5.41, 5.74) is 0. The van der Waals surface area contributed by atoms with Crippen LogP contribution in [0.5, 0.6) is 5.75 Å². The molecule has 1 aromatic rings. The molecule has 1 aromatic carbocycles. The van der Waals surface area contributed by atoms with E-state index in [1.54, 1.807) is 24.3 Å². The molecule has 20 heavy (non-hydrogen) atoms. The van der Waals surface area contributed by atoms with Crippen LogP contribution in [0.15, 0.2) is 30.3 Å². The van der Waals surface area contributed by atoms with Crippen molar-refractivity contribution >= 4 is 0 Å². The van der Waals surface area contributed by atoms with Gasteiger partial charge in [0.15, 0.2) is 0 Å². The Hall–Kier alpha value is -1.06. The first-order valence-electron chi connectivity index (χ1n) is 7.65. The second kappa shape index (κ2) is 17.9. The Kier molecular flexibility index (Phi) is 19.1. The molecule has 0 bridgehead atoms. The topological polar surface area (TPSA) is 60.7 Å². The fraction of sp³-hybridized carbons (Fsp3) is 0.647. The SMILES string of the molecule is CCCC(O)CCC.CCCCO.Oc1ccccc1. The first-order valence-corrected chi connectivity index (χ1v) is 7.65. The highest BCUT2D eigenvalue weighted by atomic mass is 16.3.